The molecule has 3 atom stereocenters. The lowest BCUT2D eigenvalue weighted by atomic mass is 9.87. The summed E-state index contributed by atoms with van der Waals surface area (Å²) >= 11 is 3.24. The van der Waals surface area contributed by atoms with E-state index in [9.17, 15) is 26.4 Å². The van der Waals surface area contributed by atoms with Gasteiger partial charge in [0.1, 0.15) is 5.75 Å². The average molecular weight is 769 g/mol. The zero-order valence-electron chi connectivity index (χ0n) is 26.0. The molecule has 16 heteroatoms. The summed E-state index contributed by atoms with van der Waals surface area (Å²) in [5.74, 6) is -6.34. The maximum atomic E-state index is 16.1. The molecule has 2 aromatic carbocycles. The van der Waals surface area contributed by atoms with Gasteiger partial charge >= 0.3 is 12.1 Å². The molecule has 2 aromatic rings. The first kappa shape index (κ1) is 38.0. The molecule has 1 aliphatic carbocycles. The number of benzene rings is 2. The third kappa shape index (κ3) is 9.66. The Morgan fingerprint density at radius 2 is 1.48 bits per heavy atom. The molecule has 5 rings (SSSR count). The number of carboxylic acids is 1. The van der Waals surface area contributed by atoms with Crippen LogP contribution in [0.2, 0.25) is 0 Å². The summed E-state index contributed by atoms with van der Waals surface area (Å²) in [7, 11) is -4.49. The standard InChI is InChI=1S/C30H38BrF2N3O4S.C2HF3O2/c31-22-8-6-21(7-9-22)30(32,33)28(29(37)36-24-10-11-25(36)19-23(34)18-24)35-41(38,39)27-14-12-26(13-15-27)40-17-16-20-4-2-1-3-5-20;3-2(4,5)1(6)7/h6-9,12-15,20,23-25,28,35H,1-5,10-11,16-19,34H2;(H,6,7). The predicted molar refractivity (Wildman–Crippen MR) is 170 cm³/mol. The number of amides is 1. The van der Waals surface area contributed by atoms with Gasteiger partial charge in [0.05, 0.1) is 11.5 Å². The quantitative estimate of drug-likeness (QED) is 0.240. The molecule has 2 aliphatic heterocycles. The summed E-state index contributed by atoms with van der Waals surface area (Å²) < 4.78 is 99.3. The molecular weight excluding hydrogens is 729 g/mol. The number of alkyl halides is 5. The highest BCUT2D eigenvalue weighted by Crippen LogP contribution is 2.40. The van der Waals surface area contributed by atoms with Gasteiger partial charge in [0.25, 0.3) is 5.92 Å². The van der Waals surface area contributed by atoms with Crippen molar-refractivity contribution in [1.29, 1.82) is 0 Å². The Kier molecular flexibility index (Phi) is 12.5. The van der Waals surface area contributed by atoms with Gasteiger partial charge in [-0.1, -0.05) is 60.2 Å². The molecule has 2 bridgehead atoms. The van der Waals surface area contributed by atoms with Crippen LogP contribution >= 0.6 is 15.9 Å². The fraction of sp³-hybridized carbons (Fsp3) is 0.562. The van der Waals surface area contributed by atoms with Crippen molar-refractivity contribution in [2.45, 2.75) is 105 Å². The first-order valence-electron chi connectivity index (χ1n) is 15.8. The van der Waals surface area contributed by atoms with Crippen LogP contribution in [0, 0.1) is 5.92 Å². The van der Waals surface area contributed by atoms with Crippen LogP contribution in [0.3, 0.4) is 0 Å². The zero-order chi connectivity index (χ0) is 35.3. The van der Waals surface area contributed by atoms with Crippen LogP contribution in [0.25, 0.3) is 0 Å². The third-order valence-corrected chi connectivity index (χ3v) is 11.0. The number of sulfonamides is 1. The van der Waals surface area contributed by atoms with E-state index in [0.29, 0.717) is 48.4 Å². The van der Waals surface area contributed by atoms with E-state index in [-0.39, 0.29) is 23.0 Å². The number of hydrogen-bond acceptors (Lipinski definition) is 6. The Balaban J connectivity index is 0.000000671. The van der Waals surface area contributed by atoms with Crippen molar-refractivity contribution >= 4 is 37.8 Å². The molecule has 0 aromatic heterocycles. The Morgan fingerprint density at radius 1 is 0.938 bits per heavy atom. The second kappa shape index (κ2) is 15.8. The van der Waals surface area contributed by atoms with Crippen molar-refractivity contribution < 1.29 is 49.8 Å². The van der Waals surface area contributed by atoms with Crippen molar-refractivity contribution in [1.82, 2.24) is 9.62 Å². The van der Waals surface area contributed by atoms with Crippen LogP contribution in [0.4, 0.5) is 22.0 Å². The molecule has 1 amide bonds. The Labute approximate surface area is 284 Å². The summed E-state index contributed by atoms with van der Waals surface area (Å²) in [4.78, 5) is 23.9. The molecule has 1 saturated carbocycles. The van der Waals surface area contributed by atoms with Gasteiger partial charge in [-0.2, -0.15) is 26.7 Å². The second-order valence-electron chi connectivity index (χ2n) is 12.5. The van der Waals surface area contributed by atoms with Crippen LogP contribution in [-0.4, -0.2) is 67.3 Å². The molecule has 3 fully saturated rings. The molecule has 2 heterocycles. The number of fused-ring (bicyclic) bond motifs is 2. The molecule has 0 radical (unpaired) electrons. The number of halogens is 6. The number of rotatable bonds is 10. The van der Waals surface area contributed by atoms with Gasteiger partial charge < -0.3 is 20.5 Å². The highest BCUT2D eigenvalue weighted by molar-refractivity contribution is 9.10. The Hall–Kier alpha value is -2.82. The molecule has 4 N–H and O–H groups in total. The largest absolute Gasteiger partial charge is 0.494 e. The number of piperidine rings is 1. The number of aliphatic carboxylic acids is 1. The lowest BCUT2D eigenvalue weighted by Gasteiger charge is -2.41. The molecule has 3 aliphatic rings. The monoisotopic (exact) mass is 767 g/mol. The number of ether oxygens (including phenoxy) is 1. The van der Waals surface area contributed by atoms with Crippen molar-refractivity contribution in [3.63, 3.8) is 0 Å². The summed E-state index contributed by atoms with van der Waals surface area (Å²) in [6, 6.07) is 7.95. The Bertz CT molecular complexity index is 1490. The van der Waals surface area contributed by atoms with Crippen LogP contribution in [0.15, 0.2) is 57.9 Å². The van der Waals surface area contributed by atoms with Gasteiger partial charge in [-0.3, -0.25) is 4.79 Å². The number of nitrogens with two attached hydrogens (primary N) is 1. The molecule has 9 nitrogen and oxygen atoms in total. The molecule has 3 unspecified atom stereocenters. The lowest BCUT2D eigenvalue weighted by molar-refractivity contribution is -0.192. The van der Waals surface area contributed by atoms with E-state index in [2.05, 4.69) is 20.7 Å². The minimum Gasteiger partial charge on any atom is -0.494 e. The lowest BCUT2D eigenvalue weighted by Crippen LogP contribution is -2.60. The van der Waals surface area contributed by atoms with Gasteiger partial charge in [0.2, 0.25) is 15.9 Å². The van der Waals surface area contributed by atoms with Gasteiger partial charge in [0.15, 0.2) is 6.04 Å². The maximum absolute atomic E-state index is 16.1. The number of carbonyl (C=O) groups excluding carboxylic acids is 1. The highest BCUT2D eigenvalue weighted by atomic mass is 79.9. The fourth-order valence-corrected chi connectivity index (χ4v) is 8.06. The van der Waals surface area contributed by atoms with Crippen molar-refractivity contribution in [2.75, 3.05) is 6.61 Å². The van der Waals surface area contributed by atoms with E-state index in [1.165, 1.54) is 85.5 Å². The normalized spacial score (nSPS) is 22.4. The minimum atomic E-state index is -5.08. The number of carboxylic acid groups (broad SMARTS) is 1. The summed E-state index contributed by atoms with van der Waals surface area (Å²) in [5.41, 5.74) is 5.68. The molecule has 0 spiro atoms. The first-order chi connectivity index (χ1) is 22.5. The smallest absolute Gasteiger partial charge is 0.490 e. The van der Waals surface area contributed by atoms with E-state index in [1.807, 2.05) is 0 Å². The van der Waals surface area contributed by atoms with E-state index in [0.717, 1.165) is 6.42 Å². The molecular formula is C32H39BrF5N3O6S. The van der Waals surface area contributed by atoms with Gasteiger partial charge in [-0.25, -0.2) is 13.2 Å². The molecule has 48 heavy (non-hydrogen) atoms. The molecule has 266 valence electrons. The maximum Gasteiger partial charge on any atom is 0.490 e. The fourth-order valence-electron chi connectivity index (χ4n) is 6.60. The van der Waals surface area contributed by atoms with Crippen LogP contribution < -0.4 is 15.2 Å². The van der Waals surface area contributed by atoms with Gasteiger partial charge in [-0.05, 0) is 74.4 Å². The van der Waals surface area contributed by atoms with E-state index >= 15 is 8.78 Å². The summed E-state index contributed by atoms with van der Waals surface area (Å²) in [6.45, 7) is 0.535. The average Bonchev–Trinajstić information content (AvgIpc) is 3.30. The van der Waals surface area contributed by atoms with Gasteiger partial charge in [-0.15, -0.1) is 0 Å². The van der Waals surface area contributed by atoms with Crippen LogP contribution in [0.1, 0.15) is 69.8 Å². The SMILES string of the molecule is NC1CC2CCC(C1)N2C(=O)C(NS(=O)(=O)c1ccc(OCCC2CCCCC2)cc1)C(F)(F)c1ccc(Br)cc1.O=C(O)C(F)(F)F. The Morgan fingerprint density at radius 3 is 2.00 bits per heavy atom. The number of hydrogen-bond donors (Lipinski definition) is 3. The van der Waals surface area contributed by atoms with E-state index < -0.39 is 45.6 Å². The van der Waals surface area contributed by atoms with E-state index in [4.69, 9.17) is 20.4 Å². The van der Waals surface area contributed by atoms with E-state index in [1.54, 1.807) is 0 Å². The van der Waals surface area contributed by atoms with Crippen LogP contribution in [0.5, 0.6) is 5.75 Å². The topological polar surface area (TPSA) is 139 Å². The highest BCUT2D eigenvalue weighted by Gasteiger charge is 2.53. The van der Waals surface area contributed by atoms with Crippen molar-refractivity contribution in [3.05, 3.63) is 58.6 Å². The van der Waals surface area contributed by atoms with Crippen LogP contribution in [-0.2, 0) is 25.5 Å². The van der Waals surface area contributed by atoms with Crippen molar-refractivity contribution in [2.24, 2.45) is 11.7 Å². The minimum absolute atomic E-state index is 0.109. The second-order valence-corrected chi connectivity index (χ2v) is 15.1. The summed E-state index contributed by atoms with van der Waals surface area (Å²) in [6.07, 6.45) is 4.41. The van der Waals surface area contributed by atoms with Gasteiger partial charge in [0, 0.05) is 28.2 Å². The zero-order valence-corrected chi connectivity index (χ0v) is 28.4. The third-order valence-electron chi connectivity index (χ3n) is 9.03. The summed E-state index contributed by atoms with van der Waals surface area (Å²) in [5, 5.41) is 7.12. The number of nitrogens with zero attached hydrogens (tertiary/aromatic N) is 1. The first-order valence-corrected chi connectivity index (χ1v) is 18.0. The van der Waals surface area contributed by atoms with Crippen molar-refractivity contribution in [3.8, 4) is 5.75 Å². The predicted octanol–water partition coefficient (Wildman–Crippen LogP) is 6.35. The number of nitrogens with one attached hydrogen (secondary N) is 1. The molecule has 2 saturated heterocycles. The number of carbonyl (C=O) groups is 2.